The minimum atomic E-state index is 0. The van der Waals surface area contributed by atoms with Gasteiger partial charge < -0.3 is 12.4 Å². The maximum absolute atomic E-state index is 4.16. The zero-order chi connectivity index (χ0) is 17.6. The Morgan fingerprint density at radius 1 is 0.885 bits per heavy atom. The van der Waals surface area contributed by atoms with Crippen molar-refractivity contribution in [1.82, 2.24) is 5.01 Å². The average Bonchev–Trinajstić information content (AvgIpc) is 3.16. The molecule has 0 spiro atoms. The molecular weight excluding hydrogens is 342 g/mol. The van der Waals surface area contributed by atoms with Crippen molar-refractivity contribution in [1.29, 1.82) is 0 Å². The van der Waals surface area contributed by atoms with Gasteiger partial charge in [-0.1, -0.05) is 101 Å². The van der Waals surface area contributed by atoms with E-state index in [2.05, 4.69) is 53.7 Å². The van der Waals surface area contributed by atoms with E-state index in [4.69, 9.17) is 0 Å². The molecule has 0 fully saturated rings. The number of hydrazone groups is 1. The quantitative estimate of drug-likeness (QED) is 0.362. The molecule has 2 rings (SSSR count). The third-order valence-corrected chi connectivity index (χ3v) is 5.01. The fourth-order valence-electron chi connectivity index (χ4n) is 3.48. The number of halogens is 1. The van der Waals surface area contributed by atoms with Gasteiger partial charge in [-0.2, -0.15) is 0 Å². The van der Waals surface area contributed by atoms with Crippen LogP contribution in [-0.4, -0.2) is 24.2 Å². The third-order valence-electron chi connectivity index (χ3n) is 5.01. The van der Waals surface area contributed by atoms with Crippen molar-refractivity contribution in [2.75, 3.05) is 6.54 Å². The Kier molecular flexibility index (Phi) is 12.8. The molecule has 3 nitrogen and oxygen atoms in total. The number of hydrogen-bond acceptors (Lipinski definition) is 3. The SMILES string of the molecule is CCCCCCCCCCCCC(CN1C=N[C+]=N1)c1ccccc1.[Cl-]. The van der Waals surface area contributed by atoms with Gasteiger partial charge in [-0.15, -0.1) is 5.01 Å². The summed E-state index contributed by atoms with van der Waals surface area (Å²) >= 11 is 0. The summed E-state index contributed by atoms with van der Waals surface area (Å²) in [5.74, 6) is 0.519. The van der Waals surface area contributed by atoms with Crippen LogP contribution in [0.3, 0.4) is 0 Å². The highest BCUT2D eigenvalue weighted by atomic mass is 35.5. The molecule has 0 aromatic heterocycles. The van der Waals surface area contributed by atoms with E-state index in [1.54, 1.807) is 6.34 Å². The second-order valence-corrected chi connectivity index (χ2v) is 7.14. The monoisotopic (exact) mass is 375 g/mol. The lowest BCUT2D eigenvalue weighted by molar-refractivity contribution is -0.00000533. The number of nitrogens with zero attached hydrogens (tertiary/aromatic N) is 3. The van der Waals surface area contributed by atoms with Crippen LogP contribution in [0.15, 0.2) is 40.4 Å². The molecule has 144 valence electrons. The summed E-state index contributed by atoms with van der Waals surface area (Å²) in [6, 6.07) is 10.8. The molecule has 0 aliphatic carbocycles. The van der Waals surface area contributed by atoms with Gasteiger partial charge >= 0.3 is 6.34 Å². The number of hydrogen-bond donors (Lipinski definition) is 0. The van der Waals surface area contributed by atoms with Crippen molar-refractivity contribution >= 4 is 12.7 Å². The van der Waals surface area contributed by atoms with Crippen LogP contribution in [0.4, 0.5) is 0 Å². The van der Waals surface area contributed by atoms with Gasteiger partial charge in [0.05, 0.1) is 6.54 Å². The predicted molar refractivity (Wildman–Crippen MR) is 108 cm³/mol. The van der Waals surface area contributed by atoms with Gasteiger partial charge in [0.2, 0.25) is 0 Å². The second kappa shape index (κ2) is 14.7. The van der Waals surface area contributed by atoms with Crippen molar-refractivity contribution in [3.63, 3.8) is 0 Å². The number of rotatable bonds is 14. The Bertz CT molecular complexity index is 489. The maximum Gasteiger partial charge on any atom is 0.371 e. The van der Waals surface area contributed by atoms with Crippen LogP contribution >= 0.6 is 0 Å². The summed E-state index contributed by atoms with van der Waals surface area (Å²) < 4.78 is 0. The second-order valence-electron chi connectivity index (χ2n) is 7.14. The van der Waals surface area contributed by atoms with Crippen LogP contribution in [-0.2, 0) is 0 Å². The molecule has 1 atom stereocenters. The van der Waals surface area contributed by atoms with Gasteiger partial charge in [-0.3, -0.25) is 0 Å². The van der Waals surface area contributed by atoms with E-state index >= 15 is 0 Å². The first-order valence-electron chi connectivity index (χ1n) is 10.2. The van der Waals surface area contributed by atoms with E-state index in [0.717, 1.165) is 6.54 Å². The van der Waals surface area contributed by atoms with Crippen molar-refractivity contribution in [2.24, 2.45) is 10.1 Å². The average molecular weight is 376 g/mol. The third kappa shape index (κ3) is 9.31. The molecule has 1 heterocycles. The minimum Gasteiger partial charge on any atom is -1.00 e. The van der Waals surface area contributed by atoms with E-state index in [9.17, 15) is 0 Å². The number of unbranched alkanes of at least 4 members (excludes halogenated alkanes) is 9. The van der Waals surface area contributed by atoms with Crippen LogP contribution in [0.1, 0.15) is 89.0 Å². The van der Waals surface area contributed by atoms with Gasteiger partial charge in [-0.25, -0.2) is 0 Å². The largest absolute Gasteiger partial charge is 1.00 e. The van der Waals surface area contributed by atoms with Crippen LogP contribution in [0.25, 0.3) is 0 Å². The molecule has 1 aromatic carbocycles. The lowest BCUT2D eigenvalue weighted by Gasteiger charge is -2.18. The van der Waals surface area contributed by atoms with E-state index in [1.807, 2.05) is 5.01 Å². The number of benzene rings is 1. The van der Waals surface area contributed by atoms with Gasteiger partial charge in [0, 0.05) is 16.0 Å². The highest BCUT2D eigenvalue weighted by Gasteiger charge is 2.19. The molecule has 1 unspecified atom stereocenters. The first-order valence-corrected chi connectivity index (χ1v) is 10.2. The normalized spacial score (nSPS) is 13.5. The summed E-state index contributed by atoms with van der Waals surface area (Å²) in [6.45, 7) is 3.18. The Labute approximate surface area is 166 Å². The van der Waals surface area contributed by atoms with Crippen molar-refractivity contribution in [3.8, 4) is 0 Å². The van der Waals surface area contributed by atoms with Crippen LogP contribution in [0, 0.1) is 0 Å². The van der Waals surface area contributed by atoms with Crippen molar-refractivity contribution in [3.05, 3.63) is 35.9 Å². The predicted octanol–water partition coefficient (Wildman–Crippen LogP) is 3.25. The zero-order valence-electron chi connectivity index (χ0n) is 16.2. The molecule has 0 saturated heterocycles. The molecule has 0 radical (unpaired) electrons. The Morgan fingerprint density at radius 3 is 2.08 bits per heavy atom. The first-order chi connectivity index (χ1) is 12.4. The lowest BCUT2D eigenvalue weighted by Crippen LogP contribution is -3.00. The smallest absolute Gasteiger partial charge is 0.371 e. The number of aliphatic imine (C=N–C) groups is 1. The molecule has 1 aliphatic heterocycles. The highest BCUT2D eigenvalue weighted by Crippen LogP contribution is 2.24. The molecule has 0 amide bonds. The van der Waals surface area contributed by atoms with Gasteiger partial charge in [-0.05, 0) is 12.0 Å². The molecule has 0 saturated carbocycles. The van der Waals surface area contributed by atoms with Crippen LogP contribution in [0.5, 0.6) is 0 Å². The fraction of sp³-hybridized carbons (Fsp3) is 0.636. The topological polar surface area (TPSA) is 28.0 Å². The Morgan fingerprint density at radius 2 is 1.50 bits per heavy atom. The van der Waals surface area contributed by atoms with E-state index in [-0.39, 0.29) is 12.4 Å². The van der Waals surface area contributed by atoms with Crippen LogP contribution < -0.4 is 12.4 Å². The molecule has 4 heteroatoms. The standard InChI is InChI=1S/C22H34N3.ClH/c1-2-3-4-5-6-7-8-9-10-12-17-22(18-25-20-23-19-24-25)21-15-13-11-14-16-21;/h11,13-16,20,22H,2-10,12,17-18H2,1H3;1H/q+1;/p-1. The summed E-state index contributed by atoms with van der Waals surface area (Å²) in [5.41, 5.74) is 1.41. The summed E-state index contributed by atoms with van der Waals surface area (Å²) in [4.78, 5) is 3.95. The maximum atomic E-state index is 4.16. The highest BCUT2D eigenvalue weighted by molar-refractivity contribution is 5.75. The molecule has 0 N–H and O–H groups in total. The van der Waals surface area contributed by atoms with E-state index in [1.165, 1.54) is 76.2 Å². The van der Waals surface area contributed by atoms with Gasteiger partial charge in [0.1, 0.15) is 0 Å². The Balaban J connectivity index is 0.00000338. The first kappa shape index (κ1) is 22.6. The van der Waals surface area contributed by atoms with Crippen molar-refractivity contribution in [2.45, 2.75) is 83.5 Å². The fourth-order valence-corrected chi connectivity index (χ4v) is 3.48. The van der Waals surface area contributed by atoms with E-state index in [0.29, 0.717) is 5.92 Å². The summed E-state index contributed by atoms with van der Waals surface area (Å²) in [5, 5.41) is 6.07. The lowest BCUT2D eigenvalue weighted by atomic mass is 9.92. The Hall–Kier alpha value is -1.44. The summed E-state index contributed by atoms with van der Waals surface area (Å²) in [7, 11) is 0. The summed E-state index contributed by atoms with van der Waals surface area (Å²) in [6.07, 6.45) is 19.5. The molecule has 26 heavy (non-hydrogen) atoms. The molecule has 1 aromatic rings. The van der Waals surface area contributed by atoms with Crippen molar-refractivity contribution < 1.29 is 12.4 Å². The van der Waals surface area contributed by atoms with Gasteiger partial charge in [0.25, 0.3) is 6.34 Å². The molecular formula is C22H34ClN3. The van der Waals surface area contributed by atoms with Crippen LogP contribution in [0.2, 0.25) is 0 Å². The van der Waals surface area contributed by atoms with E-state index < -0.39 is 0 Å². The minimum absolute atomic E-state index is 0. The van der Waals surface area contributed by atoms with Gasteiger partial charge in [0.15, 0.2) is 0 Å². The zero-order valence-corrected chi connectivity index (χ0v) is 17.0. The molecule has 0 bridgehead atoms. The molecule has 1 aliphatic rings.